The zero-order chi connectivity index (χ0) is 13.3. The fraction of sp³-hybridized carbons (Fsp3) is 0. The number of halogens is 3. The number of nitrogens with zero attached hydrogens (tertiary/aromatic N) is 2. The van der Waals surface area contributed by atoms with E-state index in [0.29, 0.717) is 5.02 Å². The van der Waals surface area contributed by atoms with E-state index in [0.717, 1.165) is 6.33 Å². The summed E-state index contributed by atoms with van der Waals surface area (Å²) in [4.78, 5) is 17.8. The number of carboxylic acid groups (broad SMARTS) is 1. The van der Waals surface area contributed by atoms with E-state index in [-0.39, 0.29) is 16.3 Å². The van der Waals surface area contributed by atoms with E-state index in [9.17, 15) is 9.18 Å². The van der Waals surface area contributed by atoms with Crippen LogP contribution in [0.4, 0.5) is 4.39 Å². The molecule has 0 saturated carbocycles. The lowest BCUT2D eigenvalue weighted by Crippen LogP contribution is -2.07. The van der Waals surface area contributed by atoms with Gasteiger partial charge in [-0.15, -0.1) is 0 Å². The van der Waals surface area contributed by atoms with Gasteiger partial charge in [0, 0.05) is 10.6 Å². The van der Waals surface area contributed by atoms with E-state index in [1.54, 1.807) is 0 Å². The van der Waals surface area contributed by atoms with Gasteiger partial charge in [0.15, 0.2) is 11.5 Å². The van der Waals surface area contributed by atoms with Crippen molar-refractivity contribution in [2.45, 2.75) is 0 Å². The largest absolute Gasteiger partial charge is 0.476 e. The number of rotatable bonds is 2. The average molecular weight is 287 g/mol. The zero-order valence-electron chi connectivity index (χ0n) is 8.69. The molecular formula is C11H5Cl2FN2O2. The van der Waals surface area contributed by atoms with Crippen molar-refractivity contribution in [3.63, 3.8) is 0 Å². The smallest absolute Gasteiger partial charge is 0.357 e. The monoisotopic (exact) mass is 286 g/mol. The number of aromatic nitrogens is 2. The van der Waals surface area contributed by atoms with Crippen LogP contribution in [0.1, 0.15) is 10.5 Å². The molecule has 0 aliphatic heterocycles. The number of aromatic carboxylic acids is 1. The Bertz CT molecular complexity index is 634. The molecule has 18 heavy (non-hydrogen) atoms. The molecule has 1 aromatic carbocycles. The summed E-state index contributed by atoms with van der Waals surface area (Å²) in [5.74, 6) is -2.52. The van der Waals surface area contributed by atoms with Gasteiger partial charge in [0.2, 0.25) is 0 Å². The van der Waals surface area contributed by atoms with Crippen molar-refractivity contribution in [2.24, 2.45) is 0 Å². The van der Waals surface area contributed by atoms with Gasteiger partial charge in [-0.1, -0.05) is 23.2 Å². The zero-order valence-corrected chi connectivity index (χ0v) is 10.2. The normalized spacial score (nSPS) is 10.4. The topological polar surface area (TPSA) is 63.1 Å². The molecule has 0 bridgehead atoms. The fourth-order valence-electron chi connectivity index (χ4n) is 1.39. The maximum absolute atomic E-state index is 13.9. The second-order valence-corrected chi connectivity index (χ2v) is 4.16. The summed E-state index contributed by atoms with van der Waals surface area (Å²) >= 11 is 11.7. The van der Waals surface area contributed by atoms with E-state index < -0.39 is 17.5 Å². The van der Waals surface area contributed by atoms with Gasteiger partial charge in [-0.3, -0.25) is 0 Å². The van der Waals surface area contributed by atoms with Crippen LogP contribution in [0.15, 0.2) is 24.5 Å². The summed E-state index contributed by atoms with van der Waals surface area (Å²) in [7, 11) is 0. The Kier molecular flexibility index (Phi) is 3.45. The number of benzene rings is 1. The van der Waals surface area contributed by atoms with Crippen LogP contribution in [0.25, 0.3) is 11.3 Å². The van der Waals surface area contributed by atoms with Crippen molar-refractivity contribution in [1.29, 1.82) is 0 Å². The van der Waals surface area contributed by atoms with Crippen LogP contribution in [-0.2, 0) is 0 Å². The molecule has 0 spiro atoms. The Morgan fingerprint density at radius 2 is 2.00 bits per heavy atom. The standard InChI is InChI=1S/C11H5Cl2FN2O2/c12-5-1-2-7(13)6(3-5)9-8(14)10(11(17)18)16-4-15-9/h1-4H,(H,17,18). The average Bonchev–Trinajstić information content (AvgIpc) is 2.32. The first-order valence-electron chi connectivity index (χ1n) is 4.70. The maximum atomic E-state index is 13.9. The molecule has 2 rings (SSSR count). The molecule has 92 valence electrons. The molecule has 0 aliphatic carbocycles. The van der Waals surface area contributed by atoms with Crippen LogP contribution in [0.2, 0.25) is 10.0 Å². The highest BCUT2D eigenvalue weighted by Gasteiger charge is 2.19. The van der Waals surface area contributed by atoms with Crippen molar-refractivity contribution < 1.29 is 14.3 Å². The summed E-state index contributed by atoms with van der Waals surface area (Å²) in [5.41, 5.74) is -0.697. The molecule has 0 saturated heterocycles. The van der Waals surface area contributed by atoms with Gasteiger partial charge >= 0.3 is 5.97 Å². The minimum absolute atomic E-state index is 0.199. The van der Waals surface area contributed by atoms with E-state index in [2.05, 4.69) is 9.97 Å². The number of carboxylic acids is 1. The molecule has 1 heterocycles. The quantitative estimate of drug-likeness (QED) is 0.920. The van der Waals surface area contributed by atoms with Crippen molar-refractivity contribution in [1.82, 2.24) is 9.97 Å². The molecule has 7 heteroatoms. The Morgan fingerprint density at radius 3 is 2.67 bits per heavy atom. The van der Waals surface area contributed by atoms with E-state index in [1.807, 2.05) is 0 Å². The molecule has 0 unspecified atom stereocenters. The number of hydrogen-bond donors (Lipinski definition) is 1. The molecule has 4 nitrogen and oxygen atoms in total. The first-order valence-corrected chi connectivity index (χ1v) is 5.45. The van der Waals surface area contributed by atoms with Crippen LogP contribution in [-0.4, -0.2) is 21.0 Å². The van der Waals surface area contributed by atoms with E-state index in [1.165, 1.54) is 18.2 Å². The Morgan fingerprint density at radius 1 is 1.28 bits per heavy atom. The summed E-state index contributed by atoms with van der Waals surface area (Å²) in [6.07, 6.45) is 0.957. The van der Waals surface area contributed by atoms with Gasteiger partial charge in [-0.05, 0) is 18.2 Å². The highest BCUT2D eigenvalue weighted by atomic mass is 35.5. The minimum Gasteiger partial charge on any atom is -0.476 e. The summed E-state index contributed by atoms with van der Waals surface area (Å²) in [6.45, 7) is 0. The Hall–Kier alpha value is -1.72. The van der Waals surface area contributed by atoms with Crippen LogP contribution in [0.5, 0.6) is 0 Å². The molecule has 0 amide bonds. The summed E-state index contributed by atoms with van der Waals surface area (Å²) < 4.78 is 13.9. The predicted octanol–water partition coefficient (Wildman–Crippen LogP) is 3.29. The first-order chi connectivity index (χ1) is 8.50. The lowest BCUT2D eigenvalue weighted by atomic mass is 10.1. The van der Waals surface area contributed by atoms with Crippen molar-refractivity contribution in [3.05, 3.63) is 46.1 Å². The lowest BCUT2D eigenvalue weighted by Gasteiger charge is -2.06. The number of hydrogen-bond acceptors (Lipinski definition) is 3. The SMILES string of the molecule is O=C(O)c1ncnc(-c2cc(Cl)ccc2Cl)c1F. The third-order valence-electron chi connectivity index (χ3n) is 2.18. The van der Waals surface area contributed by atoms with Crippen molar-refractivity contribution >= 4 is 29.2 Å². The molecule has 0 radical (unpaired) electrons. The van der Waals surface area contributed by atoms with Gasteiger partial charge in [0.1, 0.15) is 12.0 Å². The van der Waals surface area contributed by atoms with Crippen LogP contribution in [0.3, 0.4) is 0 Å². The second-order valence-electron chi connectivity index (χ2n) is 3.31. The third kappa shape index (κ3) is 2.27. The van der Waals surface area contributed by atoms with Crippen LogP contribution in [0, 0.1) is 5.82 Å². The molecule has 0 aliphatic rings. The fourth-order valence-corrected chi connectivity index (χ4v) is 1.76. The molecule has 1 aromatic heterocycles. The predicted molar refractivity (Wildman–Crippen MR) is 64.4 cm³/mol. The molecule has 0 fully saturated rings. The van der Waals surface area contributed by atoms with E-state index >= 15 is 0 Å². The van der Waals surface area contributed by atoms with Gasteiger partial charge in [0.05, 0.1) is 5.02 Å². The summed E-state index contributed by atoms with van der Waals surface area (Å²) in [5, 5.41) is 9.32. The van der Waals surface area contributed by atoms with Gasteiger partial charge in [-0.25, -0.2) is 19.2 Å². The second kappa shape index (κ2) is 4.88. The van der Waals surface area contributed by atoms with Gasteiger partial charge in [0.25, 0.3) is 0 Å². The summed E-state index contributed by atoms with van der Waals surface area (Å²) in [6, 6.07) is 4.41. The third-order valence-corrected chi connectivity index (χ3v) is 2.74. The highest BCUT2D eigenvalue weighted by Crippen LogP contribution is 2.31. The molecule has 0 atom stereocenters. The highest BCUT2D eigenvalue weighted by molar-refractivity contribution is 6.35. The lowest BCUT2D eigenvalue weighted by molar-refractivity contribution is 0.0684. The molecule has 1 N–H and O–H groups in total. The van der Waals surface area contributed by atoms with Crippen LogP contribution >= 0.6 is 23.2 Å². The Balaban J connectivity index is 2.68. The van der Waals surface area contributed by atoms with Crippen LogP contribution < -0.4 is 0 Å². The number of carbonyl (C=O) groups is 1. The van der Waals surface area contributed by atoms with Gasteiger partial charge < -0.3 is 5.11 Å². The van der Waals surface area contributed by atoms with Crippen molar-refractivity contribution in [3.8, 4) is 11.3 Å². The molecule has 2 aromatic rings. The van der Waals surface area contributed by atoms with E-state index in [4.69, 9.17) is 28.3 Å². The van der Waals surface area contributed by atoms with Gasteiger partial charge in [-0.2, -0.15) is 0 Å². The Labute approximate surface area is 111 Å². The maximum Gasteiger partial charge on any atom is 0.357 e. The molecular weight excluding hydrogens is 282 g/mol. The minimum atomic E-state index is -1.48. The first kappa shape index (κ1) is 12.7. The van der Waals surface area contributed by atoms with Crippen molar-refractivity contribution in [2.75, 3.05) is 0 Å².